The largest absolute Gasteiger partial charge is 0.508 e. The van der Waals surface area contributed by atoms with E-state index in [0.717, 1.165) is 18.5 Å². The average Bonchev–Trinajstić information content (AvgIpc) is 2.55. The summed E-state index contributed by atoms with van der Waals surface area (Å²) in [5, 5.41) is 16.9. The van der Waals surface area contributed by atoms with E-state index < -0.39 is 0 Å². The van der Waals surface area contributed by atoms with E-state index in [1.165, 1.54) is 57.1 Å². The summed E-state index contributed by atoms with van der Waals surface area (Å²) >= 11 is 0. The SMILES string of the molecule is Oc1ccc(CNC2CCCCC2C2CCCCN2)cc1. The third-order valence-electron chi connectivity index (χ3n) is 5.19. The maximum atomic E-state index is 9.36. The van der Waals surface area contributed by atoms with Crippen molar-refractivity contribution in [1.82, 2.24) is 10.6 Å². The molecule has 21 heavy (non-hydrogen) atoms. The van der Waals surface area contributed by atoms with Crippen LogP contribution in [0.1, 0.15) is 50.5 Å². The Bertz CT molecular complexity index is 425. The molecule has 0 aromatic heterocycles. The number of hydrogen-bond acceptors (Lipinski definition) is 3. The molecular weight excluding hydrogens is 260 g/mol. The summed E-state index contributed by atoms with van der Waals surface area (Å²) in [5.74, 6) is 1.14. The second-order valence-corrected chi connectivity index (χ2v) is 6.66. The van der Waals surface area contributed by atoms with E-state index in [1.54, 1.807) is 12.1 Å². The van der Waals surface area contributed by atoms with Crippen LogP contribution >= 0.6 is 0 Å². The lowest BCUT2D eigenvalue weighted by Gasteiger charge is -2.40. The highest BCUT2D eigenvalue weighted by Gasteiger charge is 2.31. The minimum absolute atomic E-state index is 0.348. The predicted octanol–water partition coefficient (Wildman–Crippen LogP) is 3.18. The monoisotopic (exact) mass is 288 g/mol. The molecule has 3 atom stereocenters. The molecule has 3 rings (SSSR count). The molecule has 2 fully saturated rings. The maximum absolute atomic E-state index is 9.36. The van der Waals surface area contributed by atoms with Crippen molar-refractivity contribution in [3.8, 4) is 5.75 Å². The van der Waals surface area contributed by atoms with E-state index >= 15 is 0 Å². The van der Waals surface area contributed by atoms with Crippen molar-refractivity contribution in [2.45, 2.75) is 63.6 Å². The topological polar surface area (TPSA) is 44.3 Å². The van der Waals surface area contributed by atoms with Gasteiger partial charge < -0.3 is 15.7 Å². The summed E-state index contributed by atoms with van der Waals surface area (Å²) in [7, 11) is 0. The standard InChI is InChI=1S/C18H28N2O/c21-15-10-8-14(9-11-15)13-20-18-6-2-1-5-16(18)17-7-3-4-12-19-17/h8-11,16-21H,1-7,12-13H2. The van der Waals surface area contributed by atoms with Crippen molar-refractivity contribution in [2.24, 2.45) is 5.92 Å². The van der Waals surface area contributed by atoms with Crippen LogP contribution in [-0.2, 0) is 6.54 Å². The van der Waals surface area contributed by atoms with Gasteiger partial charge in [-0.2, -0.15) is 0 Å². The van der Waals surface area contributed by atoms with Crippen LogP contribution in [0.5, 0.6) is 5.75 Å². The molecule has 1 aliphatic carbocycles. The van der Waals surface area contributed by atoms with Crippen LogP contribution < -0.4 is 10.6 Å². The van der Waals surface area contributed by atoms with E-state index in [4.69, 9.17) is 0 Å². The second-order valence-electron chi connectivity index (χ2n) is 6.66. The van der Waals surface area contributed by atoms with Crippen molar-refractivity contribution < 1.29 is 5.11 Å². The first-order valence-corrected chi connectivity index (χ1v) is 8.57. The summed E-state index contributed by atoms with van der Waals surface area (Å²) in [6.45, 7) is 2.11. The molecule has 3 unspecified atom stereocenters. The smallest absolute Gasteiger partial charge is 0.115 e. The number of benzene rings is 1. The van der Waals surface area contributed by atoms with E-state index in [2.05, 4.69) is 10.6 Å². The Labute approximate surface area is 128 Å². The second kappa shape index (κ2) is 7.28. The zero-order valence-corrected chi connectivity index (χ0v) is 12.9. The molecule has 0 bridgehead atoms. The summed E-state index contributed by atoms with van der Waals surface area (Å²) in [4.78, 5) is 0. The number of piperidine rings is 1. The first kappa shape index (κ1) is 14.9. The van der Waals surface area contributed by atoms with Gasteiger partial charge in [-0.25, -0.2) is 0 Å². The van der Waals surface area contributed by atoms with Crippen LogP contribution in [0.2, 0.25) is 0 Å². The van der Waals surface area contributed by atoms with E-state index in [-0.39, 0.29) is 0 Å². The van der Waals surface area contributed by atoms with Gasteiger partial charge in [0.15, 0.2) is 0 Å². The zero-order valence-electron chi connectivity index (χ0n) is 12.9. The zero-order chi connectivity index (χ0) is 14.5. The van der Waals surface area contributed by atoms with Gasteiger partial charge in [0.2, 0.25) is 0 Å². The number of hydrogen-bond donors (Lipinski definition) is 3. The van der Waals surface area contributed by atoms with Gasteiger partial charge in [-0.3, -0.25) is 0 Å². The Balaban J connectivity index is 1.57. The van der Waals surface area contributed by atoms with Gasteiger partial charge in [0.25, 0.3) is 0 Å². The normalized spacial score (nSPS) is 30.2. The molecule has 116 valence electrons. The molecule has 0 radical (unpaired) electrons. The molecule has 3 heteroatoms. The maximum Gasteiger partial charge on any atom is 0.115 e. The van der Waals surface area contributed by atoms with Crippen LogP contribution in [0.25, 0.3) is 0 Å². The highest BCUT2D eigenvalue weighted by molar-refractivity contribution is 5.25. The lowest BCUT2D eigenvalue weighted by molar-refractivity contribution is 0.181. The molecule has 0 amide bonds. The minimum atomic E-state index is 0.348. The molecule has 3 nitrogen and oxygen atoms in total. The van der Waals surface area contributed by atoms with Crippen molar-refractivity contribution in [2.75, 3.05) is 6.54 Å². The molecule has 1 heterocycles. The van der Waals surface area contributed by atoms with Crippen LogP contribution in [0.4, 0.5) is 0 Å². The molecule has 2 aliphatic rings. The fourth-order valence-corrected chi connectivity index (χ4v) is 4.00. The summed E-state index contributed by atoms with van der Waals surface area (Å²) in [5.41, 5.74) is 1.26. The molecule has 1 saturated heterocycles. The molecule has 1 aromatic rings. The van der Waals surface area contributed by atoms with Gasteiger partial charge in [0, 0.05) is 18.6 Å². The minimum Gasteiger partial charge on any atom is -0.508 e. The number of nitrogens with one attached hydrogen (secondary N) is 2. The predicted molar refractivity (Wildman–Crippen MR) is 86.3 cm³/mol. The Hall–Kier alpha value is -1.06. The van der Waals surface area contributed by atoms with Crippen LogP contribution in [0.3, 0.4) is 0 Å². The first-order chi connectivity index (χ1) is 10.3. The molecule has 1 aromatic carbocycles. The van der Waals surface area contributed by atoms with Crippen LogP contribution in [0, 0.1) is 5.92 Å². The Morgan fingerprint density at radius 2 is 1.76 bits per heavy atom. The van der Waals surface area contributed by atoms with E-state index in [9.17, 15) is 5.11 Å². The van der Waals surface area contributed by atoms with Crippen molar-refractivity contribution >= 4 is 0 Å². The van der Waals surface area contributed by atoms with Gasteiger partial charge >= 0.3 is 0 Å². The first-order valence-electron chi connectivity index (χ1n) is 8.57. The highest BCUT2D eigenvalue weighted by atomic mass is 16.3. The summed E-state index contributed by atoms with van der Waals surface area (Å²) in [6, 6.07) is 8.94. The number of aromatic hydroxyl groups is 1. The van der Waals surface area contributed by atoms with Gasteiger partial charge in [-0.15, -0.1) is 0 Å². The highest BCUT2D eigenvalue weighted by Crippen LogP contribution is 2.30. The summed E-state index contributed by atoms with van der Waals surface area (Å²) < 4.78 is 0. The Kier molecular flexibility index (Phi) is 5.15. The van der Waals surface area contributed by atoms with Crippen molar-refractivity contribution in [3.05, 3.63) is 29.8 Å². The number of rotatable bonds is 4. The molecule has 3 N–H and O–H groups in total. The van der Waals surface area contributed by atoms with Gasteiger partial charge in [0.05, 0.1) is 0 Å². The fourth-order valence-electron chi connectivity index (χ4n) is 4.00. The Morgan fingerprint density at radius 3 is 2.52 bits per heavy atom. The molecular formula is C18H28N2O. The lowest BCUT2D eigenvalue weighted by atomic mass is 9.77. The van der Waals surface area contributed by atoms with Crippen LogP contribution in [0.15, 0.2) is 24.3 Å². The van der Waals surface area contributed by atoms with Gasteiger partial charge in [-0.05, 0) is 55.8 Å². The van der Waals surface area contributed by atoms with E-state index in [1.807, 2.05) is 12.1 Å². The quantitative estimate of drug-likeness (QED) is 0.797. The van der Waals surface area contributed by atoms with E-state index in [0.29, 0.717) is 11.8 Å². The molecule has 1 saturated carbocycles. The number of phenolic OH excluding ortho intramolecular Hbond substituents is 1. The number of phenols is 1. The summed E-state index contributed by atoms with van der Waals surface area (Å²) in [6.07, 6.45) is 9.50. The van der Waals surface area contributed by atoms with Crippen molar-refractivity contribution in [3.63, 3.8) is 0 Å². The fraction of sp³-hybridized carbons (Fsp3) is 0.667. The third-order valence-corrected chi connectivity index (χ3v) is 5.19. The van der Waals surface area contributed by atoms with Gasteiger partial charge in [0.1, 0.15) is 5.75 Å². The average molecular weight is 288 g/mol. The molecule has 0 spiro atoms. The van der Waals surface area contributed by atoms with Crippen molar-refractivity contribution in [1.29, 1.82) is 0 Å². The van der Waals surface area contributed by atoms with Crippen LogP contribution in [-0.4, -0.2) is 23.7 Å². The third kappa shape index (κ3) is 3.98. The molecule has 1 aliphatic heterocycles. The Morgan fingerprint density at radius 1 is 1.00 bits per heavy atom. The van der Waals surface area contributed by atoms with Gasteiger partial charge in [-0.1, -0.05) is 31.4 Å². The lowest BCUT2D eigenvalue weighted by Crippen LogP contribution is -2.50.